The molecule has 0 atom stereocenters. The van der Waals surface area contributed by atoms with Crippen LogP contribution in [0, 0.1) is 0 Å². The van der Waals surface area contributed by atoms with Gasteiger partial charge in [-0.25, -0.2) is 4.79 Å². The molecule has 0 aliphatic carbocycles. The highest BCUT2D eigenvalue weighted by Crippen LogP contribution is 2.34. The Bertz CT molecular complexity index is 803. The van der Waals surface area contributed by atoms with Gasteiger partial charge < -0.3 is 14.2 Å². The average molecular weight is 292 g/mol. The molecule has 4 rings (SSSR count). The third kappa shape index (κ3) is 2.24. The molecule has 22 heavy (non-hydrogen) atoms. The van der Waals surface area contributed by atoms with E-state index < -0.39 is 0 Å². The highest BCUT2D eigenvalue weighted by Gasteiger charge is 2.22. The molecule has 2 aliphatic rings. The highest BCUT2D eigenvalue weighted by molar-refractivity contribution is 6.05. The summed E-state index contributed by atoms with van der Waals surface area (Å²) in [6.07, 6.45) is 3.53. The SMILES string of the molecule is O=C1OC(c2ccccc2)=C/C1=C\c1ccc2c(c1)OCO2. The molecule has 0 aromatic heterocycles. The summed E-state index contributed by atoms with van der Waals surface area (Å²) >= 11 is 0. The minimum atomic E-state index is -0.350. The zero-order valence-corrected chi connectivity index (χ0v) is 11.6. The second-order valence-electron chi connectivity index (χ2n) is 4.98. The van der Waals surface area contributed by atoms with E-state index in [2.05, 4.69) is 0 Å². The lowest BCUT2D eigenvalue weighted by Crippen LogP contribution is -1.97. The molecule has 0 fully saturated rings. The van der Waals surface area contributed by atoms with E-state index in [0.717, 1.165) is 16.9 Å². The summed E-state index contributed by atoms with van der Waals surface area (Å²) in [6, 6.07) is 15.1. The van der Waals surface area contributed by atoms with E-state index in [4.69, 9.17) is 14.2 Å². The quantitative estimate of drug-likeness (QED) is 0.628. The maximum absolute atomic E-state index is 12.0. The number of fused-ring (bicyclic) bond motifs is 1. The van der Waals surface area contributed by atoms with Crippen molar-refractivity contribution in [1.29, 1.82) is 0 Å². The lowest BCUT2D eigenvalue weighted by molar-refractivity contribution is -0.130. The van der Waals surface area contributed by atoms with Gasteiger partial charge in [0.2, 0.25) is 6.79 Å². The average Bonchev–Trinajstić information content (AvgIpc) is 3.15. The van der Waals surface area contributed by atoms with Gasteiger partial charge in [-0.2, -0.15) is 0 Å². The molecule has 2 aromatic rings. The van der Waals surface area contributed by atoms with Gasteiger partial charge in [0.05, 0.1) is 5.57 Å². The second kappa shape index (κ2) is 5.07. The first-order valence-corrected chi connectivity index (χ1v) is 6.90. The van der Waals surface area contributed by atoms with Gasteiger partial charge in [-0.15, -0.1) is 0 Å². The van der Waals surface area contributed by atoms with Gasteiger partial charge in [-0.1, -0.05) is 36.4 Å². The number of carbonyl (C=O) groups excluding carboxylic acids is 1. The van der Waals surface area contributed by atoms with Crippen molar-refractivity contribution in [3.8, 4) is 11.5 Å². The Morgan fingerprint density at radius 2 is 1.77 bits per heavy atom. The number of ether oxygens (including phenoxy) is 3. The summed E-state index contributed by atoms with van der Waals surface area (Å²) in [6.45, 7) is 0.232. The van der Waals surface area contributed by atoms with Crippen molar-refractivity contribution >= 4 is 17.8 Å². The van der Waals surface area contributed by atoms with Crippen molar-refractivity contribution in [3.05, 3.63) is 71.3 Å². The summed E-state index contributed by atoms with van der Waals surface area (Å²) in [5, 5.41) is 0. The number of rotatable bonds is 2. The summed E-state index contributed by atoms with van der Waals surface area (Å²) in [5.41, 5.74) is 2.25. The number of carbonyl (C=O) groups is 1. The lowest BCUT2D eigenvalue weighted by atomic mass is 10.1. The smallest absolute Gasteiger partial charge is 0.343 e. The molecular formula is C18H12O4. The highest BCUT2D eigenvalue weighted by atomic mass is 16.7. The fourth-order valence-corrected chi connectivity index (χ4v) is 2.42. The first kappa shape index (κ1) is 12.7. The fourth-order valence-electron chi connectivity index (χ4n) is 2.42. The van der Waals surface area contributed by atoms with Gasteiger partial charge in [-0.3, -0.25) is 0 Å². The monoisotopic (exact) mass is 292 g/mol. The van der Waals surface area contributed by atoms with E-state index in [1.807, 2.05) is 48.5 Å². The zero-order chi connectivity index (χ0) is 14.9. The molecule has 0 saturated carbocycles. The van der Waals surface area contributed by atoms with Crippen LogP contribution in [-0.4, -0.2) is 12.8 Å². The van der Waals surface area contributed by atoms with Crippen LogP contribution in [0.25, 0.3) is 11.8 Å². The lowest BCUT2D eigenvalue weighted by Gasteiger charge is -2.00. The Morgan fingerprint density at radius 3 is 2.64 bits per heavy atom. The minimum absolute atomic E-state index is 0.232. The van der Waals surface area contributed by atoms with E-state index in [-0.39, 0.29) is 12.8 Å². The zero-order valence-electron chi connectivity index (χ0n) is 11.6. The summed E-state index contributed by atoms with van der Waals surface area (Å²) in [7, 11) is 0. The van der Waals surface area contributed by atoms with E-state index in [9.17, 15) is 4.79 Å². The molecule has 2 aliphatic heterocycles. The standard InChI is InChI=1S/C18H12O4/c19-18-14(10-16(22-18)13-4-2-1-3-5-13)8-12-6-7-15-17(9-12)21-11-20-15/h1-10H,11H2/b14-8+. The molecule has 2 aromatic carbocycles. The van der Waals surface area contributed by atoms with Crippen molar-refractivity contribution < 1.29 is 19.0 Å². The topological polar surface area (TPSA) is 44.8 Å². The maximum atomic E-state index is 12.0. The molecule has 0 spiro atoms. The molecule has 4 nitrogen and oxygen atoms in total. The van der Waals surface area contributed by atoms with Crippen LogP contribution in [0.5, 0.6) is 11.5 Å². The number of benzene rings is 2. The normalized spacial score (nSPS) is 17.5. The second-order valence-corrected chi connectivity index (χ2v) is 4.98. The van der Waals surface area contributed by atoms with Gasteiger partial charge in [0.1, 0.15) is 5.76 Å². The summed E-state index contributed by atoms with van der Waals surface area (Å²) in [4.78, 5) is 12.0. The Hall–Kier alpha value is -3.01. The first-order chi connectivity index (χ1) is 10.8. The maximum Gasteiger partial charge on any atom is 0.343 e. The molecule has 0 amide bonds. The first-order valence-electron chi connectivity index (χ1n) is 6.90. The minimum Gasteiger partial charge on any atom is -0.454 e. The van der Waals surface area contributed by atoms with Crippen molar-refractivity contribution in [2.24, 2.45) is 0 Å². The third-order valence-corrected chi connectivity index (χ3v) is 3.50. The van der Waals surface area contributed by atoms with Crippen molar-refractivity contribution in [2.45, 2.75) is 0 Å². The molecule has 108 valence electrons. The van der Waals surface area contributed by atoms with Gasteiger partial charge in [0, 0.05) is 5.56 Å². The fraction of sp³-hybridized carbons (Fsp3) is 0.0556. The van der Waals surface area contributed by atoms with Crippen LogP contribution >= 0.6 is 0 Å². The van der Waals surface area contributed by atoms with Gasteiger partial charge >= 0.3 is 5.97 Å². The molecule has 4 heteroatoms. The Labute approximate surface area is 127 Å². The Morgan fingerprint density at radius 1 is 0.955 bits per heavy atom. The molecule has 0 saturated heterocycles. The number of hydrogen-bond donors (Lipinski definition) is 0. The largest absolute Gasteiger partial charge is 0.454 e. The van der Waals surface area contributed by atoms with Crippen LogP contribution in [-0.2, 0) is 9.53 Å². The van der Waals surface area contributed by atoms with Crippen molar-refractivity contribution in [2.75, 3.05) is 6.79 Å². The summed E-state index contributed by atoms with van der Waals surface area (Å²) in [5.74, 6) is 1.62. The van der Waals surface area contributed by atoms with Crippen molar-refractivity contribution in [1.82, 2.24) is 0 Å². The predicted octanol–water partition coefficient (Wildman–Crippen LogP) is 3.40. The number of hydrogen-bond acceptors (Lipinski definition) is 4. The van der Waals surface area contributed by atoms with E-state index in [1.54, 1.807) is 12.2 Å². The third-order valence-electron chi connectivity index (χ3n) is 3.50. The van der Waals surface area contributed by atoms with Crippen LogP contribution in [0.4, 0.5) is 0 Å². The van der Waals surface area contributed by atoms with Crippen LogP contribution in [0.3, 0.4) is 0 Å². The van der Waals surface area contributed by atoms with Crippen LogP contribution in [0.1, 0.15) is 11.1 Å². The molecular weight excluding hydrogens is 280 g/mol. The molecule has 0 unspecified atom stereocenters. The number of cyclic esters (lactones) is 1. The van der Waals surface area contributed by atoms with Gasteiger partial charge in [0.25, 0.3) is 0 Å². The van der Waals surface area contributed by atoms with E-state index in [0.29, 0.717) is 17.1 Å². The van der Waals surface area contributed by atoms with E-state index in [1.165, 1.54) is 0 Å². The van der Waals surface area contributed by atoms with Crippen LogP contribution in [0.2, 0.25) is 0 Å². The summed E-state index contributed by atoms with van der Waals surface area (Å²) < 4.78 is 15.9. The molecule has 0 bridgehead atoms. The van der Waals surface area contributed by atoms with Crippen LogP contribution in [0.15, 0.2) is 60.2 Å². The van der Waals surface area contributed by atoms with Gasteiger partial charge in [0.15, 0.2) is 11.5 Å². The molecule has 2 heterocycles. The van der Waals surface area contributed by atoms with Crippen LogP contribution < -0.4 is 9.47 Å². The molecule has 0 N–H and O–H groups in total. The Balaban J connectivity index is 1.67. The predicted molar refractivity (Wildman–Crippen MR) is 81.1 cm³/mol. The Kier molecular flexibility index (Phi) is 2.93. The number of esters is 1. The van der Waals surface area contributed by atoms with E-state index >= 15 is 0 Å². The molecule has 0 radical (unpaired) electrons. The van der Waals surface area contributed by atoms with Gasteiger partial charge in [-0.05, 0) is 29.8 Å². The van der Waals surface area contributed by atoms with Crippen molar-refractivity contribution in [3.63, 3.8) is 0 Å².